The molecule has 146 valence electrons. The number of nitrogens with one attached hydrogen (secondary N) is 1. The maximum absolute atomic E-state index is 12.5. The molecule has 0 heterocycles. The molecule has 0 unspecified atom stereocenters. The summed E-state index contributed by atoms with van der Waals surface area (Å²) in [5.74, 6) is 0.347. The highest BCUT2D eigenvalue weighted by Gasteiger charge is 2.10. The third-order valence-corrected chi connectivity index (χ3v) is 4.28. The minimum atomic E-state index is -0.426. The summed E-state index contributed by atoms with van der Waals surface area (Å²) in [6.07, 6.45) is 2.51. The van der Waals surface area contributed by atoms with Crippen molar-refractivity contribution in [1.29, 1.82) is 5.26 Å². The lowest BCUT2D eigenvalue weighted by Crippen LogP contribution is -2.21. The minimum absolute atomic E-state index is 0.0510. The van der Waals surface area contributed by atoms with Crippen molar-refractivity contribution in [2.24, 2.45) is 0 Å². The second kappa shape index (κ2) is 10.8. The van der Waals surface area contributed by atoms with E-state index >= 15 is 0 Å². The van der Waals surface area contributed by atoms with Crippen LogP contribution in [-0.4, -0.2) is 25.6 Å². The van der Waals surface area contributed by atoms with Crippen LogP contribution in [0, 0.1) is 11.3 Å². The molecule has 0 fully saturated rings. The highest BCUT2D eigenvalue weighted by atomic mass is 16.5. The number of carbonyl (C=O) groups excluding carboxylic acids is 1. The van der Waals surface area contributed by atoms with Gasteiger partial charge < -0.3 is 15.0 Å². The summed E-state index contributed by atoms with van der Waals surface area (Å²) < 4.78 is 5.54. The summed E-state index contributed by atoms with van der Waals surface area (Å²) >= 11 is 0. The molecule has 1 N–H and O–H groups in total. The fourth-order valence-corrected chi connectivity index (χ4v) is 2.74. The van der Waals surface area contributed by atoms with Gasteiger partial charge in [-0.05, 0) is 68.3 Å². The topological polar surface area (TPSA) is 65.4 Å². The molecule has 2 aromatic rings. The molecular weight excluding hydrogens is 350 g/mol. The fourth-order valence-electron chi connectivity index (χ4n) is 2.74. The van der Waals surface area contributed by atoms with E-state index in [0.29, 0.717) is 12.3 Å². The Bertz CT molecular complexity index is 830. The zero-order valence-electron chi connectivity index (χ0n) is 16.7. The van der Waals surface area contributed by atoms with Gasteiger partial charge in [0.1, 0.15) is 17.4 Å². The molecular formula is C23H27N3O2. The van der Waals surface area contributed by atoms with Crippen molar-refractivity contribution >= 4 is 23.4 Å². The van der Waals surface area contributed by atoms with Crippen LogP contribution in [-0.2, 0) is 4.79 Å². The second-order valence-corrected chi connectivity index (χ2v) is 6.26. The second-order valence-electron chi connectivity index (χ2n) is 6.26. The number of anilines is 2. The van der Waals surface area contributed by atoms with E-state index < -0.39 is 5.91 Å². The maximum atomic E-state index is 12.5. The number of ether oxygens (including phenoxy) is 1. The summed E-state index contributed by atoms with van der Waals surface area (Å²) in [6, 6.07) is 16.9. The first-order valence-corrected chi connectivity index (χ1v) is 9.62. The van der Waals surface area contributed by atoms with E-state index in [9.17, 15) is 10.1 Å². The predicted molar refractivity (Wildman–Crippen MR) is 114 cm³/mol. The summed E-state index contributed by atoms with van der Waals surface area (Å²) in [7, 11) is 0. The molecule has 5 heteroatoms. The predicted octanol–water partition coefficient (Wildman–Crippen LogP) is 4.87. The van der Waals surface area contributed by atoms with Crippen LogP contribution in [0.25, 0.3) is 6.08 Å². The van der Waals surface area contributed by atoms with Crippen LogP contribution in [0.5, 0.6) is 5.75 Å². The van der Waals surface area contributed by atoms with Crippen molar-refractivity contribution in [3.8, 4) is 11.8 Å². The van der Waals surface area contributed by atoms with E-state index in [1.807, 2.05) is 61.5 Å². The number of hydrogen-bond acceptors (Lipinski definition) is 4. The maximum Gasteiger partial charge on any atom is 0.266 e. The summed E-state index contributed by atoms with van der Waals surface area (Å²) in [5, 5.41) is 12.2. The summed E-state index contributed by atoms with van der Waals surface area (Å²) in [4.78, 5) is 14.7. The molecule has 0 aliphatic carbocycles. The van der Waals surface area contributed by atoms with Gasteiger partial charge >= 0.3 is 0 Å². The van der Waals surface area contributed by atoms with Crippen LogP contribution in [0.15, 0.2) is 54.1 Å². The number of nitrogens with zero attached hydrogens (tertiary/aromatic N) is 2. The number of nitriles is 1. The average Bonchev–Trinajstić information content (AvgIpc) is 2.73. The number of hydrogen-bond donors (Lipinski definition) is 1. The van der Waals surface area contributed by atoms with Gasteiger partial charge in [0.15, 0.2) is 0 Å². The van der Waals surface area contributed by atoms with Crippen LogP contribution in [0.3, 0.4) is 0 Å². The molecule has 0 saturated carbocycles. The Labute approximate surface area is 167 Å². The zero-order valence-corrected chi connectivity index (χ0v) is 16.7. The van der Waals surface area contributed by atoms with E-state index in [2.05, 4.69) is 24.1 Å². The molecule has 0 aromatic heterocycles. The first-order chi connectivity index (χ1) is 13.6. The molecule has 0 aliphatic rings. The van der Waals surface area contributed by atoms with Crippen molar-refractivity contribution in [2.45, 2.75) is 27.2 Å². The lowest BCUT2D eigenvalue weighted by Gasteiger charge is -2.21. The van der Waals surface area contributed by atoms with Crippen LogP contribution in [0.1, 0.15) is 32.8 Å². The molecule has 0 aliphatic heterocycles. The van der Waals surface area contributed by atoms with Crippen molar-refractivity contribution in [3.05, 3.63) is 59.7 Å². The van der Waals surface area contributed by atoms with Crippen LogP contribution < -0.4 is 15.0 Å². The van der Waals surface area contributed by atoms with Crippen LogP contribution >= 0.6 is 0 Å². The van der Waals surface area contributed by atoms with Gasteiger partial charge in [-0.15, -0.1) is 0 Å². The van der Waals surface area contributed by atoms with Crippen molar-refractivity contribution in [1.82, 2.24) is 0 Å². The lowest BCUT2D eigenvalue weighted by molar-refractivity contribution is -0.112. The molecule has 0 radical (unpaired) electrons. The van der Waals surface area contributed by atoms with Gasteiger partial charge in [-0.2, -0.15) is 5.26 Å². The zero-order chi connectivity index (χ0) is 20.4. The lowest BCUT2D eigenvalue weighted by atomic mass is 10.1. The Morgan fingerprint density at radius 2 is 1.71 bits per heavy atom. The van der Waals surface area contributed by atoms with Gasteiger partial charge in [0.2, 0.25) is 0 Å². The number of rotatable bonds is 9. The molecule has 2 rings (SSSR count). The Hall–Kier alpha value is -3.26. The fraction of sp³-hybridized carbons (Fsp3) is 0.304. The number of carbonyl (C=O) groups is 1. The molecule has 0 bridgehead atoms. The largest absolute Gasteiger partial charge is 0.494 e. The Morgan fingerprint density at radius 3 is 2.25 bits per heavy atom. The first kappa shape index (κ1) is 21.0. The molecule has 0 spiro atoms. The first-order valence-electron chi connectivity index (χ1n) is 9.62. The highest BCUT2D eigenvalue weighted by molar-refractivity contribution is 6.09. The van der Waals surface area contributed by atoms with Gasteiger partial charge in [0.05, 0.1) is 6.61 Å². The van der Waals surface area contributed by atoms with Gasteiger partial charge in [-0.25, -0.2) is 0 Å². The van der Waals surface area contributed by atoms with Gasteiger partial charge in [-0.3, -0.25) is 4.79 Å². The Kier molecular flexibility index (Phi) is 8.11. The third kappa shape index (κ3) is 5.88. The molecule has 5 nitrogen and oxygen atoms in total. The van der Waals surface area contributed by atoms with Crippen molar-refractivity contribution in [3.63, 3.8) is 0 Å². The Balaban J connectivity index is 2.06. The van der Waals surface area contributed by atoms with E-state index in [4.69, 9.17) is 4.74 Å². The number of amides is 1. The van der Waals surface area contributed by atoms with Crippen LogP contribution in [0.2, 0.25) is 0 Å². The smallest absolute Gasteiger partial charge is 0.266 e. The standard InChI is InChI=1S/C23H27N3O2/c1-4-15-28-22-13-7-18(8-14-22)16-19(17-24)23(27)25-20-9-11-21(12-10-20)26(5-2)6-3/h7-14,16H,4-6,15H2,1-3H3,(H,25,27). The molecule has 1 amide bonds. The van der Waals surface area contributed by atoms with E-state index in [0.717, 1.165) is 36.5 Å². The quantitative estimate of drug-likeness (QED) is 0.500. The van der Waals surface area contributed by atoms with E-state index in [1.165, 1.54) is 0 Å². The van der Waals surface area contributed by atoms with E-state index in [1.54, 1.807) is 6.08 Å². The summed E-state index contributed by atoms with van der Waals surface area (Å²) in [6.45, 7) is 8.76. The molecule has 28 heavy (non-hydrogen) atoms. The third-order valence-electron chi connectivity index (χ3n) is 4.28. The normalized spacial score (nSPS) is 10.9. The van der Waals surface area contributed by atoms with Crippen LogP contribution in [0.4, 0.5) is 11.4 Å². The van der Waals surface area contributed by atoms with Crippen molar-refractivity contribution in [2.75, 3.05) is 29.9 Å². The minimum Gasteiger partial charge on any atom is -0.494 e. The van der Waals surface area contributed by atoms with Gasteiger partial charge in [0, 0.05) is 24.5 Å². The van der Waals surface area contributed by atoms with Gasteiger partial charge in [0.25, 0.3) is 5.91 Å². The Morgan fingerprint density at radius 1 is 1.07 bits per heavy atom. The molecule has 0 saturated heterocycles. The SMILES string of the molecule is CCCOc1ccc(C=C(C#N)C(=O)Nc2ccc(N(CC)CC)cc2)cc1. The molecule has 2 aromatic carbocycles. The van der Waals surface area contributed by atoms with Crippen molar-refractivity contribution < 1.29 is 9.53 Å². The van der Waals surface area contributed by atoms with Gasteiger partial charge in [-0.1, -0.05) is 19.1 Å². The van der Waals surface area contributed by atoms with E-state index in [-0.39, 0.29) is 5.57 Å². The monoisotopic (exact) mass is 377 g/mol. The number of benzene rings is 2. The highest BCUT2D eigenvalue weighted by Crippen LogP contribution is 2.19. The summed E-state index contributed by atoms with van der Waals surface area (Å²) in [5.41, 5.74) is 2.58. The molecule has 0 atom stereocenters. The average molecular weight is 377 g/mol.